The van der Waals surface area contributed by atoms with E-state index in [1.807, 2.05) is 0 Å². The number of halogens is 2. The summed E-state index contributed by atoms with van der Waals surface area (Å²) in [5.74, 6) is -5.09. The highest BCUT2D eigenvalue weighted by atomic mass is 19.3. The molecule has 3 N–H and O–H groups in total. The summed E-state index contributed by atoms with van der Waals surface area (Å²) in [4.78, 5) is 65.5. The quantitative estimate of drug-likeness (QED) is 0.276. The third-order valence-corrected chi connectivity index (χ3v) is 10.8. The molecule has 250 valence electrons. The van der Waals surface area contributed by atoms with Crippen LogP contribution in [-0.2, 0) is 29.5 Å². The van der Waals surface area contributed by atoms with Gasteiger partial charge in [0.25, 0.3) is 17.7 Å². The van der Waals surface area contributed by atoms with E-state index >= 15 is 0 Å². The SMILES string of the molecule is Cn1c(=O)n(C2CCC(=O)NC2=O)c2ccc(C(=O)N3CCC(n4cc(NC(=O)c5n[nH]c6c5C[C@@H]5C(F)(F)[C@]5(C)C6)cn4)CC3)cc21. The first kappa shape index (κ1) is 30.2. The van der Waals surface area contributed by atoms with Gasteiger partial charge >= 0.3 is 5.69 Å². The highest BCUT2D eigenvalue weighted by Gasteiger charge is 2.78. The lowest BCUT2D eigenvalue weighted by Gasteiger charge is -2.32. The van der Waals surface area contributed by atoms with Crippen molar-refractivity contribution in [1.29, 1.82) is 0 Å². The number of aromatic nitrogens is 6. The number of hydrogen-bond acceptors (Lipinski definition) is 7. The van der Waals surface area contributed by atoms with Crippen LogP contribution in [0.25, 0.3) is 11.0 Å². The molecule has 3 atom stereocenters. The van der Waals surface area contributed by atoms with E-state index in [9.17, 15) is 32.8 Å². The molecule has 1 unspecified atom stereocenters. The zero-order valence-electron chi connectivity index (χ0n) is 26.3. The Morgan fingerprint density at radius 3 is 2.60 bits per heavy atom. The van der Waals surface area contributed by atoms with Gasteiger partial charge in [0.05, 0.1) is 29.0 Å². The van der Waals surface area contributed by atoms with Gasteiger partial charge in [-0.3, -0.25) is 43.4 Å². The summed E-state index contributed by atoms with van der Waals surface area (Å²) in [6.07, 6.45) is 5.11. The number of imidazole rings is 1. The summed E-state index contributed by atoms with van der Waals surface area (Å²) >= 11 is 0. The van der Waals surface area contributed by atoms with Gasteiger partial charge in [0, 0.05) is 67.3 Å². The van der Waals surface area contributed by atoms with Gasteiger partial charge < -0.3 is 10.2 Å². The molecule has 0 radical (unpaired) electrons. The van der Waals surface area contributed by atoms with Crippen LogP contribution in [-0.4, -0.2) is 76.7 Å². The molecule has 3 fully saturated rings. The van der Waals surface area contributed by atoms with Crippen molar-refractivity contribution in [3.63, 3.8) is 0 Å². The second-order valence-electron chi connectivity index (χ2n) is 13.6. The topological polar surface area (TPSA) is 169 Å². The van der Waals surface area contributed by atoms with Crippen LogP contribution in [0, 0.1) is 11.3 Å². The van der Waals surface area contributed by atoms with Crippen molar-refractivity contribution < 1.29 is 28.0 Å². The number of rotatable bonds is 5. The molecule has 2 aliphatic carbocycles. The number of aryl methyl sites for hydroxylation is 1. The molecule has 1 saturated carbocycles. The molecule has 8 rings (SSSR count). The second-order valence-corrected chi connectivity index (χ2v) is 13.6. The number of benzene rings is 1. The van der Waals surface area contributed by atoms with Crippen LogP contribution >= 0.6 is 0 Å². The fourth-order valence-corrected chi connectivity index (χ4v) is 7.83. The van der Waals surface area contributed by atoms with Crippen LogP contribution in [0.15, 0.2) is 35.4 Å². The first-order valence-corrected chi connectivity index (χ1v) is 16.0. The van der Waals surface area contributed by atoms with Crippen molar-refractivity contribution in [3.05, 3.63) is 63.6 Å². The van der Waals surface area contributed by atoms with E-state index in [-0.39, 0.29) is 49.2 Å². The van der Waals surface area contributed by atoms with Gasteiger partial charge in [-0.25, -0.2) is 13.6 Å². The Morgan fingerprint density at radius 2 is 1.85 bits per heavy atom. The monoisotopic (exact) mass is 661 g/mol. The number of alkyl halides is 2. The largest absolute Gasteiger partial charge is 0.338 e. The molecule has 1 aromatic carbocycles. The van der Waals surface area contributed by atoms with E-state index < -0.39 is 40.8 Å². The smallest absolute Gasteiger partial charge is 0.329 e. The molecule has 4 amide bonds. The van der Waals surface area contributed by atoms with Gasteiger partial charge in [-0.1, -0.05) is 6.92 Å². The number of amides is 4. The number of piperidine rings is 2. The number of anilines is 1. The van der Waals surface area contributed by atoms with Crippen molar-refractivity contribution in [2.24, 2.45) is 18.4 Å². The summed E-state index contributed by atoms with van der Waals surface area (Å²) < 4.78 is 33.2. The lowest BCUT2D eigenvalue weighted by molar-refractivity contribution is -0.135. The van der Waals surface area contributed by atoms with E-state index in [0.717, 1.165) is 0 Å². The number of carbonyl (C=O) groups is 4. The molecule has 2 saturated heterocycles. The number of nitrogens with one attached hydrogen (secondary N) is 3. The molecular weight excluding hydrogens is 628 g/mol. The minimum atomic E-state index is -2.75. The maximum Gasteiger partial charge on any atom is 0.329 e. The lowest BCUT2D eigenvalue weighted by atomic mass is 9.87. The van der Waals surface area contributed by atoms with Gasteiger partial charge in [-0.2, -0.15) is 10.2 Å². The minimum absolute atomic E-state index is 0.0153. The maximum atomic E-state index is 14.3. The van der Waals surface area contributed by atoms with Crippen molar-refractivity contribution in [3.8, 4) is 0 Å². The molecule has 5 heterocycles. The molecule has 0 bridgehead atoms. The molecule has 2 aliphatic heterocycles. The Hall–Kier alpha value is -5.15. The standard InChI is InChI=1S/C32H33F2N9O5/c1-31-13-20-19(12-24(31)32(31,33)34)26(39-38-20)28(46)36-17-14-35-42(15-17)18-7-9-41(10-8-18)29(47)16-3-4-21-23(11-16)40(2)30(48)43(21)22-5-6-25(44)37-27(22)45/h3-4,11,14-15,18,22,24H,5-10,12-13H2,1-2H3,(H,36,46)(H,38,39)(H,37,44,45)/t22?,24-,31+/m0/s1. The number of carbonyl (C=O) groups excluding carboxylic acids is 4. The summed E-state index contributed by atoms with van der Waals surface area (Å²) in [6, 6.07) is 4.14. The van der Waals surface area contributed by atoms with Crippen LogP contribution in [0.3, 0.4) is 0 Å². The molecular formula is C32H33F2N9O5. The first-order chi connectivity index (χ1) is 22.9. The van der Waals surface area contributed by atoms with E-state index in [2.05, 4.69) is 25.9 Å². The van der Waals surface area contributed by atoms with Crippen molar-refractivity contribution in [2.75, 3.05) is 18.4 Å². The highest BCUT2D eigenvalue weighted by molar-refractivity contribution is 6.04. The zero-order valence-corrected chi connectivity index (χ0v) is 26.3. The number of fused-ring (bicyclic) bond motifs is 3. The normalized spacial score (nSPS) is 25.0. The Kier molecular flexibility index (Phi) is 6.56. The van der Waals surface area contributed by atoms with E-state index in [0.29, 0.717) is 59.5 Å². The molecule has 4 aliphatic rings. The van der Waals surface area contributed by atoms with Crippen LogP contribution < -0.4 is 16.3 Å². The summed E-state index contributed by atoms with van der Waals surface area (Å²) in [5.41, 5.74) is 1.66. The number of hydrogen-bond donors (Lipinski definition) is 3. The molecule has 48 heavy (non-hydrogen) atoms. The van der Waals surface area contributed by atoms with Crippen molar-refractivity contribution >= 4 is 40.3 Å². The van der Waals surface area contributed by atoms with Gasteiger partial charge in [-0.05, 0) is 43.9 Å². The Balaban J connectivity index is 0.909. The van der Waals surface area contributed by atoms with Gasteiger partial charge in [0.1, 0.15) is 6.04 Å². The molecule has 0 spiro atoms. The summed E-state index contributed by atoms with van der Waals surface area (Å²) in [7, 11) is 1.58. The third-order valence-electron chi connectivity index (χ3n) is 10.8. The van der Waals surface area contributed by atoms with E-state index in [4.69, 9.17) is 0 Å². The summed E-state index contributed by atoms with van der Waals surface area (Å²) in [6.45, 7) is 2.50. The Bertz CT molecular complexity index is 2100. The number of aromatic amines is 1. The predicted octanol–water partition coefficient (Wildman–Crippen LogP) is 2.34. The lowest BCUT2D eigenvalue weighted by Crippen LogP contribution is -2.44. The molecule has 16 heteroatoms. The second kappa shape index (κ2) is 10.4. The van der Waals surface area contributed by atoms with Crippen LogP contribution in [0.5, 0.6) is 0 Å². The Morgan fingerprint density at radius 1 is 1.08 bits per heavy atom. The van der Waals surface area contributed by atoms with Crippen molar-refractivity contribution in [1.82, 2.24) is 39.3 Å². The fraction of sp³-hybridized carbons (Fsp3) is 0.469. The van der Waals surface area contributed by atoms with E-state index in [1.165, 1.54) is 15.3 Å². The minimum Gasteiger partial charge on any atom is -0.338 e. The maximum absolute atomic E-state index is 14.3. The Labute approximate surface area is 271 Å². The average molecular weight is 662 g/mol. The average Bonchev–Trinajstić information content (AvgIpc) is 3.58. The van der Waals surface area contributed by atoms with Crippen LogP contribution in [0.4, 0.5) is 14.5 Å². The third kappa shape index (κ3) is 4.44. The predicted molar refractivity (Wildman–Crippen MR) is 165 cm³/mol. The van der Waals surface area contributed by atoms with Crippen LogP contribution in [0.1, 0.15) is 76.8 Å². The van der Waals surface area contributed by atoms with Crippen molar-refractivity contribution in [2.45, 2.75) is 63.5 Å². The van der Waals surface area contributed by atoms with Crippen LogP contribution in [0.2, 0.25) is 0 Å². The first-order valence-electron chi connectivity index (χ1n) is 16.0. The summed E-state index contributed by atoms with van der Waals surface area (Å²) in [5, 5.41) is 16.4. The fourth-order valence-electron chi connectivity index (χ4n) is 7.83. The molecule has 4 aromatic rings. The molecule has 3 aromatic heterocycles. The number of imide groups is 1. The number of H-pyrrole nitrogens is 1. The van der Waals surface area contributed by atoms with Gasteiger partial charge in [0.2, 0.25) is 11.8 Å². The van der Waals surface area contributed by atoms with Gasteiger partial charge in [0.15, 0.2) is 5.69 Å². The number of likely N-dealkylation sites (tertiary alicyclic amines) is 1. The van der Waals surface area contributed by atoms with Gasteiger partial charge in [-0.15, -0.1) is 0 Å². The zero-order chi connectivity index (χ0) is 33.7. The number of nitrogens with zero attached hydrogens (tertiary/aromatic N) is 6. The molecule has 14 nitrogen and oxygen atoms in total. The van der Waals surface area contributed by atoms with E-state index in [1.54, 1.807) is 47.9 Å². The highest BCUT2D eigenvalue weighted by Crippen LogP contribution is 2.70.